The van der Waals surface area contributed by atoms with Gasteiger partial charge in [0.2, 0.25) is 10.0 Å². The summed E-state index contributed by atoms with van der Waals surface area (Å²) in [4.78, 5) is 0.887. The molecule has 2 aromatic rings. The van der Waals surface area contributed by atoms with Gasteiger partial charge in [0.25, 0.3) is 0 Å². The minimum Gasteiger partial charge on any atom is -0.360 e. The van der Waals surface area contributed by atoms with Crippen molar-refractivity contribution in [2.24, 2.45) is 0 Å². The Morgan fingerprint density at radius 2 is 2.17 bits per heavy atom. The lowest BCUT2D eigenvalue weighted by atomic mass is 10.2. The highest BCUT2D eigenvalue weighted by molar-refractivity contribution is 7.92. The van der Waals surface area contributed by atoms with Crippen molar-refractivity contribution in [1.82, 2.24) is 9.46 Å². The first-order valence-corrected chi connectivity index (χ1v) is 11.5. The molecule has 3 rings (SSSR count). The summed E-state index contributed by atoms with van der Waals surface area (Å²) in [5.74, 6) is 0.0704. The van der Waals surface area contributed by atoms with Crippen molar-refractivity contribution in [3.05, 3.63) is 33.8 Å². The highest BCUT2D eigenvalue weighted by Crippen LogP contribution is 2.30. The Hall–Kier alpha value is -1.23. The van der Waals surface area contributed by atoms with Crippen LogP contribution in [0.25, 0.3) is 0 Å². The average Bonchev–Trinajstić information content (AvgIpc) is 3.18. The molecule has 1 unspecified atom stereocenters. The SMILES string of the molecule is Cc1noc(C)c1S(=O)(=O)N(Cc1cccs1)C1CCS(=O)(=O)C1. The van der Waals surface area contributed by atoms with Gasteiger partial charge in [0, 0.05) is 17.5 Å². The van der Waals surface area contributed by atoms with Crippen LogP contribution in [0.15, 0.2) is 26.9 Å². The molecule has 132 valence electrons. The third-order valence-corrected chi connectivity index (χ3v) is 8.80. The lowest BCUT2D eigenvalue weighted by Crippen LogP contribution is -2.40. The maximum absolute atomic E-state index is 13.2. The maximum atomic E-state index is 13.2. The zero-order chi connectivity index (χ0) is 17.5. The number of hydrogen-bond acceptors (Lipinski definition) is 7. The molecule has 0 saturated carbocycles. The van der Waals surface area contributed by atoms with Crippen molar-refractivity contribution in [3.63, 3.8) is 0 Å². The summed E-state index contributed by atoms with van der Waals surface area (Å²) in [6.07, 6.45) is 0.302. The molecule has 0 amide bonds. The van der Waals surface area contributed by atoms with Crippen molar-refractivity contribution in [3.8, 4) is 0 Å². The fourth-order valence-electron chi connectivity index (χ4n) is 2.93. The summed E-state index contributed by atoms with van der Waals surface area (Å²) in [7, 11) is -7.12. The Balaban J connectivity index is 2.04. The van der Waals surface area contributed by atoms with Crippen LogP contribution in [0.5, 0.6) is 0 Å². The number of nitrogens with zero attached hydrogens (tertiary/aromatic N) is 2. The summed E-state index contributed by atoms with van der Waals surface area (Å²) >= 11 is 1.44. The summed E-state index contributed by atoms with van der Waals surface area (Å²) in [6, 6.07) is 3.10. The normalized spacial score (nSPS) is 20.7. The van der Waals surface area contributed by atoms with Crippen LogP contribution < -0.4 is 0 Å². The van der Waals surface area contributed by atoms with E-state index in [2.05, 4.69) is 5.16 Å². The summed E-state index contributed by atoms with van der Waals surface area (Å²) in [5, 5.41) is 5.58. The van der Waals surface area contributed by atoms with E-state index in [-0.39, 0.29) is 34.4 Å². The molecule has 1 aliphatic rings. The Morgan fingerprint density at radius 1 is 1.42 bits per heavy atom. The predicted molar refractivity (Wildman–Crippen MR) is 90.1 cm³/mol. The van der Waals surface area contributed by atoms with E-state index in [1.54, 1.807) is 13.8 Å². The third-order valence-electron chi connectivity index (χ3n) is 4.04. The molecule has 7 nitrogen and oxygen atoms in total. The molecular formula is C14H18N2O5S3. The molecule has 3 heterocycles. The van der Waals surface area contributed by atoms with Gasteiger partial charge in [-0.15, -0.1) is 11.3 Å². The van der Waals surface area contributed by atoms with E-state index in [1.807, 2.05) is 17.5 Å². The number of aromatic nitrogens is 1. The van der Waals surface area contributed by atoms with E-state index in [0.717, 1.165) is 4.88 Å². The second kappa shape index (κ2) is 6.25. The number of aryl methyl sites for hydroxylation is 2. The lowest BCUT2D eigenvalue weighted by Gasteiger charge is -2.26. The van der Waals surface area contributed by atoms with E-state index in [4.69, 9.17) is 4.52 Å². The number of sulfonamides is 1. The Bertz CT molecular complexity index is 910. The van der Waals surface area contributed by atoms with Crippen LogP contribution in [0.4, 0.5) is 0 Å². The van der Waals surface area contributed by atoms with Crippen molar-refractivity contribution < 1.29 is 21.4 Å². The molecule has 0 spiro atoms. The van der Waals surface area contributed by atoms with E-state index >= 15 is 0 Å². The zero-order valence-electron chi connectivity index (χ0n) is 13.3. The minimum absolute atomic E-state index is 0.00965. The smallest absolute Gasteiger partial charge is 0.249 e. The van der Waals surface area contributed by atoms with Gasteiger partial charge in [0.1, 0.15) is 10.6 Å². The molecule has 1 aliphatic heterocycles. The lowest BCUT2D eigenvalue weighted by molar-refractivity contribution is 0.335. The van der Waals surface area contributed by atoms with Crippen molar-refractivity contribution in [2.45, 2.75) is 37.8 Å². The van der Waals surface area contributed by atoms with Gasteiger partial charge in [-0.1, -0.05) is 11.2 Å². The van der Waals surface area contributed by atoms with Crippen LogP contribution in [-0.4, -0.2) is 43.8 Å². The molecule has 1 saturated heterocycles. The molecule has 0 N–H and O–H groups in total. The van der Waals surface area contributed by atoms with E-state index in [1.165, 1.54) is 15.6 Å². The Labute approximate surface area is 145 Å². The fraction of sp³-hybridized carbons (Fsp3) is 0.500. The standard InChI is InChI=1S/C14H18N2O5S3/c1-10-14(11(2)21-15-10)24(19,20)16(8-13-4-3-6-22-13)12-5-7-23(17,18)9-12/h3-4,6,12H,5,7-9H2,1-2H3. The minimum atomic E-state index is -3.91. The number of hydrogen-bond donors (Lipinski definition) is 0. The molecule has 0 radical (unpaired) electrons. The van der Waals surface area contributed by atoms with Crippen LogP contribution in [0.3, 0.4) is 0 Å². The molecule has 24 heavy (non-hydrogen) atoms. The monoisotopic (exact) mass is 390 g/mol. The van der Waals surface area contributed by atoms with Gasteiger partial charge in [-0.2, -0.15) is 4.31 Å². The van der Waals surface area contributed by atoms with Crippen LogP contribution in [0, 0.1) is 13.8 Å². The predicted octanol–water partition coefficient (Wildman–Crippen LogP) is 1.73. The third kappa shape index (κ3) is 3.28. The molecule has 0 bridgehead atoms. The largest absolute Gasteiger partial charge is 0.360 e. The summed E-state index contributed by atoms with van der Waals surface area (Å²) < 4.78 is 56.4. The van der Waals surface area contributed by atoms with Gasteiger partial charge in [-0.25, -0.2) is 16.8 Å². The highest BCUT2D eigenvalue weighted by atomic mass is 32.2. The van der Waals surface area contributed by atoms with E-state index in [9.17, 15) is 16.8 Å². The van der Waals surface area contributed by atoms with Crippen LogP contribution in [0.1, 0.15) is 22.8 Å². The van der Waals surface area contributed by atoms with Gasteiger partial charge in [-0.3, -0.25) is 0 Å². The van der Waals surface area contributed by atoms with Crippen LogP contribution in [0.2, 0.25) is 0 Å². The van der Waals surface area contributed by atoms with Gasteiger partial charge >= 0.3 is 0 Å². The molecule has 2 aromatic heterocycles. The quantitative estimate of drug-likeness (QED) is 0.771. The molecule has 0 aromatic carbocycles. The van der Waals surface area contributed by atoms with Crippen molar-refractivity contribution in [1.29, 1.82) is 0 Å². The molecule has 10 heteroatoms. The maximum Gasteiger partial charge on any atom is 0.249 e. The number of rotatable bonds is 5. The average molecular weight is 391 g/mol. The van der Waals surface area contributed by atoms with Gasteiger partial charge in [-0.05, 0) is 31.7 Å². The number of sulfone groups is 1. The first-order chi connectivity index (χ1) is 11.2. The topological polar surface area (TPSA) is 97.6 Å². The molecule has 0 aliphatic carbocycles. The number of thiophene rings is 1. The molecule has 1 fully saturated rings. The Morgan fingerprint density at radius 3 is 2.67 bits per heavy atom. The summed E-state index contributed by atoms with van der Waals surface area (Å²) in [6.45, 7) is 3.25. The second-order valence-corrected chi connectivity index (χ2v) is 10.9. The van der Waals surface area contributed by atoms with Gasteiger partial charge in [0.15, 0.2) is 15.6 Å². The molecular weight excluding hydrogens is 372 g/mol. The Kier molecular flexibility index (Phi) is 4.58. The van der Waals surface area contributed by atoms with E-state index in [0.29, 0.717) is 6.42 Å². The van der Waals surface area contributed by atoms with Crippen LogP contribution in [-0.2, 0) is 26.4 Å². The first-order valence-electron chi connectivity index (χ1n) is 7.38. The summed E-state index contributed by atoms with van der Waals surface area (Å²) in [5.41, 5.74) is 0.282. The first kappa shape index (κ1) is 17.6. The fourth-order valence-corrected chi connectivity index (χ4v) is 7.47. The van der Waals surface area contributed by atoms with Crippen molar-refractivity contribution in [2.75, 3.05) is 11.5 Å². The van der Waals surface area contributed by atoms with E-state index < -0.39 is 25.9 Å². The zero-order valence-corrected chi connectivity index (χ0v) is 15.7. The molecule has 1 atom stereocenters. The van der Waals surface area contributed by atoms with Gasteiger partial charge < -0.3 is 4.52 Å². The van der Waals surface area contributed by atoms with Crippen LogP contribution >= 0.6 is 11.3 Å². The van der Waals surface area contributed by atoms with Gasteiger partial charge in [0.05, 0.1) is 11.5 Å². The highest BCUT2D eigenvalue weighted by Gasteiger charge is 2.41. The van der Waals surface area contributed by atoms with Crippen molar-refractivity contribution >= 4 is 31.2 Å². The second-order valence-electron chi connectivity index (χ2n) is 5.84.